The van der Waals surface area contributed by atoms with Gasteiger partial charge in [0.2, 0.25) is 0 Å². The number of rotatable bonds is 3. The fourth-order valence-electron chi connectivity index (χ4n) is 2.63. The van der Waals surface area contributed by atoms with Gasteiger partial charge in [-0.2, -0.15) is 5.26 Å². The molecule has 0 radical (unpaired) electrons. The maximum absolute atomic E-state index is 8.72. The van der Waals surface area contributed by atoms with Gasteiger partial charge in [-0.05, 0) is 36.8 Å². The van der Waals surface area contributed by atoms with Gasteiger partial charge < -0.3 is 4.90 Å². The summed E-state index contributed by atoms with van der Waals surface area (Å²) >= 11 is 0. The van der Waals surface area contributed by atoms with Crippen LogP contribution in [-0.2, 0) is 6.42 Å². The van der Waals surface area contributed by atoms with Gasteiger partial charge in [-0.3, -0.25) is 0 Å². The van der Waals surface area contributed by atoms with Crippen LogP contribution < -0.4 is 4.90 Å². The van der Waals surface area contributed by atoms with Crippen molar-refractivity contribution >= 4 is 5.69 Å². The molecular formula is C15H20N2. The molecule has 0 aliphatic carbocycles. The van der Waals surface area contributed by atoms with Gasteiger partial charge in [-0.1, -0.05) is 25.1 Å². The summed E-state index contributed by atoms with van der Waals surface area (Å²) in [6, 6.07) is 11.0. The van der Waals surface area contributed by atoms with Gasteiger partial charge in [-0.15, -0.1) is 0 Å². The largest absolute Gasteiger partial charge is 0.371 e. The fraction of sp³-hybridized carbons (Fsp3) is 0.533. The van der Waals surface area contributed by atoms with Crippen LogP contribution in [0.1, 0.15) is 31.7 Å². The van der Waals surface area contributed by atoms with Crippen molar-refractivity contribution in [2.75, 3.05) is 18.0 Å². The third-order valence-corrected chi connectivity index (χ3v) is 3.71. The zero-order chi connectivity index (χ0) is 12.1. The molecule has 1 aromatic rings. The van der Waals surface area contributed by atoms with Gasteiger partial charge in [0.05, 0.1) is 6.07 Å². The number of piperidine rings is 1. The summed E-state index contributed by atoms with van der Waals surface area (Å²) in [5.74, 6) is 0.616. The first kappa shape index (κ1) is 12.0. The van der Waals surface area contributed by atoms with Gasteiger partial charge in [0.15, 0.2) is 0 Å². The van der Waals surface area contributed by atoms with E-state index in [1.165, 1.54) is 11.3 Å². The smallest absolute Gasteiger partial charge is 0.0624 e. The van der Waals surface area contributed by atoms with Crippen molar-refractivity contribution in [1.29, 1.82) is 5.26 Å². The molecule has 1 heterocycles. The SMILES string of the molecule is CCc1ccccc1N1CCC(CC#N)CC1. The van der Waals surface area contributed by atoms with E-state index in [-0.39, 0.29) is 0 Å². The Labute approximate surface area is 104 Å². The Morgan fingerprint density at radius 3 is 2.65 bits per heavy atom. The molecule has 0 unspecified atom stereocenters. The molecule has 90 valence electrons. The van der Waals surface area contributed by atoms with Gasteiger partial charge in [0, 0.05) is 25.2 Å². The number of benzene rings is 1. The standard InChI is InChI=1S/C15H20N2/c1-2-14-5-3-4-6-15(14)17-11-8-13(7-10-16)9-12-17/h3-6,13H,2,7-9,11-12H2,1H3. The summed E-state index contributed by atoms with van der Waals surface area (Å²) in [5, 5.41) is 8.72. The minimum absolute atomic E-state index is 0.616. The first-order valence-electron chi connectivity index (χ1n) is 6.55. The highest BCUT2D eigenvalue weighted by atomic mass is 15.1. The number of nitrogens with zero attached hydrogens (tertiary/aromatic N) is 2. The van der Waals surface area contributed by atoms with E-state index in [2.05, 4.69) is 42.2 Å². The third-order valence-electron chi connectivity index (χ3n) is 3.71. The van der Waals surface area contributed by atoms with E-state index in [4.69, 9.17) is 5.26 Å². The second kappa shape index (κ2) is 5.72. The first-order chi connectivity index (χ1) is 8.35. The van der Waals surface area contributed by atoms with Crippen LogP contribution in [0.5, 0.6) is 0 Å². The van der Waals surface area contributed by atoms with Gasteiger partial charge in [0.25, 0.3) is 0 Å². The Hall–Kier alpha value is -1.49. The summed E-state index contributed by atoms with van der Waals surface area (Å²) in [6.07, 6.45) is 4.13. The van der Waals surface area contributed by atoms with E-state index < -0.39 is 0 Å². The molecule has 0 bridgehead atoms. The van der Waals surface area contributed by atoms with Gasteiger partial charge in [0.1, 0.15) is 0 Å². The van der Waals surface area contributed by atoms with E-state index >= 15 is 0 Å². The molecule has 0 atom stereocenters. The molecule has 2 heteroatoms. The Morgan fingerprint density at radius 2 is 2.00 bits per heavy atom. The predicted molar refractivity (Wildman–Crippen MR) is 71.0 cm³/mol. The fourth-order valence-corrected chi connectivity index (χ4v) is 2.63. The Morgan fingerprint density at radius 1 is 1.29 bits per heavy atom. The van der Waals surface area contributed by atoms with Crippen LogP contribution in [0.2, 0.25) is 0 Å². The minimum atomic E-state index is 0.616. The number of nitriles is 1. The number of hydrogen-bond acceptors (Lipinski definition) is 2. The molecule has 0 aromatic heterocycles. The van der Waals surface area contributed by atoms with Crippen LogP contribution in [0.15, 0.2) is 24.3 Å². The van der Waals surface area contributed by atoms with Crippen molar-refractivity contribution in [3.8, 4) is 6.07 Å². The molecule has 1 saturated heterocycles. The molecule has 0 amide bonds. The van der Waals surface area contributed by atoms with Crippen LogP contribution in [0.25, 0.3) is 0 Å². The highest BCUT2D eigenvalue weighted by Gasteiger charge is 2.20. The van der Waals surface area contributed by atoms with Crippen molar-refractivity contribution in [3.05, 3.63) is 29.8 Å². The zero-order valence-corrected chi connectivity index (χ0v) is 10.5. The van der Waals surface area contributed by atoms with E-state index in [1.807, 2.05) is 0 Å². The van der Waals surface area contributed by atoms with E-state index in [1.54, 1.807) is 0 Å². The molecule has 1 fully saturated rings. The molecule has 1 aliphatic rings. The predicted octanol–water partition coefficient (Wildman–Crippen LogP) is 3.38. The minimum Gasteiger partial charge on any atom is -0.371 e. The van der Waals surface area contributed by atoms with Crippen LogP contribution in [0.4, 0.5) is 5.69 Å². The maximum atomic E-state index is 8.72. The summed E-state index contributed by atoms with van der Waals surface area (Å²) in [5.41, 5.74) is 2.83. The molecule has 1 aliphatic heterocycles. The summed E-state index contributed by atoms with van der Waals surface area (Å²) in [7, 11) is 0. The molecule has 0 saturated carbocycles. The summed E-state index contributed by atoms with van der Waals surface area (Å²) in [6.45, 7) is 4.41. The van der Waals surface area contributed by atoms with Crippen molar-refractivity contribution in [1.82, 2.24) is 0 Å². The van der Waals surface area contributed by atoms with Crippen molar-refractivity contribution in [2.45, 2.75) is 32.6 Å². The lowest BCUT2D eigenvalue weighted by Gasteiger charge is -2.34. The first-order valence-corrected chi connectivity index (χ1v) is 6.55. The highest BCUT2D eigenvalue weighted by molar-refractivity contribution is 5.53. The summed E-state index contributed by atoms with van der Waals surface area (Å²) in [4.78, 5) is 2.48. The van der Waals surface area contributed by atoms with Crippen LogP contribution in [0, 0.1) is 17.2 Å². The second-order valence-corrected chi connectivity index (χ2v) is 4.77. The molecule has 0 N–H and O–H groups in total. The quantitative estimate of drug-likeness (QED) is 0.793. The Kier molecular flexibility index (Phi) is 4.03. The van der Waals surface area contributed by atoms with Crippen molar-refractivity contribution < 1.29 is 0 Å². The number of aryl methyl sites for hydroxylation is 1. The topological polar surface area (TPSA) is 27.0 Å². The lowest BCUT2D eigenvalue weighted by atomic mass is 9.93. The molecular weight excluding hydrogens is 208 g/mol. The van der Waals surface area contributed by atoms with Gasteiger partial charge >= 0.3 is 0 Å². The molecule has 1 aromatic carbocycles. The second-order valence-electron chi connectivity index (χ2n) is 4.77. The van der Waals surface area contributed by atoms with Crippen molar-refractivity contribution in [2.24, 2.45) is 5.92 Å². The lowest BCUT2D eigenvalue weighted by molar-refractivity contribution is 0.412. The number of hydrogen-bond donors (Lipinski definition) is 0. The molecule has 2 rings (SSSR count). The average Bonchev–Trinajstić information content (AvgIpc) is 2.40. The zero-order valence-electron chi connectivity index (χ0n) is 10.5. The van der Waals surface area contributed by atoms with Crippen LogP contribution >= 0.6 is 0 Å². The van der Waals surface area contributed by atoms with Crippen molar-refractivity contribution in [3.63, 3.8) is 0 Å². The van der Waals surface area contributed by atoms with E-state index in [9.17, 15) is 0 Å². The Bertz CT molecular complexity index is 398. The average molecular weight is 228 g/mol. The number of anilines is 1. The third kappa shape index (κ3) is 2.79. The maximum Gasteiger partial charge on any atom is 0.0624 e. The lowest BCUT2D eigenvalue weighted by Crippen LogP contribution is -2.34. The monoisotopic (exact) mass is 228 g/mol. The summed E-state index contributed by atoms with van der Waals surface area (Å²) < 4.78 is 0. The van der Waals surface area contributed by atoms with E-state index in [0.29, 0.717) is 5.92 Å². The normalized spacial score (nSPS) is 16.8. The van der Waals surface area contributed by atoms with E-state index in [0.717, 1.165) is 38.8 Å². The number of para-hydroxylation sites is 1. The highest BCUT2D eigenvalue weighted by Crippen LogP contribution is 2.27. The van der Waals surface area contributed by atoms with Gasteiger partial charge in [-0.25, -0.2) is 0 Å². The van der Waals surface area contributed by atoms with Crippen LogP contribution in [0.3, 0.4) is 0 Å². The Balaban J connectivity index is 2.03. The molecule has 17 heavy (non-hydrogen) atoms. The molecule has 2 nitrogen and oxygen atoms in total. The molecule has 0 spiro atoms. The van der Waals surface area contributed by atoms with Crippen LogP contribution in [-0.4, -0.2) is 13.1 Å².